The van der Waals surface area contributed by atoms with Crippen molar-refractivity contribution in [1.82, 2.24) is 4.98 Å². The second-order valence-corrected chi connectivity index (χ2v) is 8.45. The molecule has 0 spiro atoms. The fourth-order valence-electron chi connectivity index (χ4n) is 3.54. The van der Waals surface area contributed by atoms with Crippen LogP contribution in [-0.2, 0) is 0 Å². The molecule has 1 heterocycles. The molecule has 170 valence electrons. The molecule has 0 saturated carbocycles. The first-order valence-electron chi connectivity index (χ1n) is 11.6. The summed E-state index contributed by atoms with van der Waals surface area (Å²) in [4.78, 5) is 17.4. The number of amides is 1. The third-order valence-corrected chi connectivity index (χ3v) is 5.99. The summed E-state index contributed by atoms with van der Waals surface area (Å²) in [6.07, 6.45) is 2.14. The van der Waals surface area contributed by atoms with Crippen molar-refractivity contribution < 1.29 is 13.9 Å². The molecule has 0 aliphatic rings. The molecule has 1 N–H and O–H groups in total. The van der Waals surface area contributed by atoms with Crippen LogP contribution >= 0.6 is 0 Å². The van der Waals surface area contributed by atoms with Gasteiger partial charge in [-0.2, -0.15) is 0 Å². The van der Waals surface area contributed by atoms with Gasteiger partial charge in [0.25, 0.3) is 5.91 Å². The number of hydrogen-bond donors (Lipinski definition) is 1. The van der Waals surface area contributed by atoms with Gasteiger partial charge in [-0.25, -0.2) is 4.98 Å². The lowest BCUT2D eigenvalue weighted by Crippen LogP contribution is -2.12. The summed E-state index contributed by atoms with van der Waals surface area (Å²) in [6, 6.07) is 20.9. The van der Waals surface area contributed by atoms with E-state index in [0.717, 1.165) is 35.3 Å². The molecule has 5 heteroatoms. The molecule has 0 saturated heterocycles. The second kappa shape index (κ2) is 9.90. The van der Waals surface area contributed by atoms with Crippen LogP contribution in [0.2, 0.25) is 0 Å². The van der Waals surface area contributed by atoms with E-state index >= 15 is 0 Å². The fraction of sp³-hybridized carbons (Fsp3) is 0.286. The van der Waals surface area contributed by atoms with Crippen LogP contribution in [0, 0.1) is 0 Å². The molecule has 5 nitrogen and oxygen atoms in total. The topological polar surface area (TPSA) is 64.4 Å². The Kier molecular flexibility index (Phi) is 6.78. The van der Waals surface area contributed by atoms with E-state index in [1.165, 1.54) is 5.56 Å². The van der Waals surface area contributed by atoms with Crippen LogP contribution in [0.4, 0.5) is 5.69 Å². The summed E-state index contributed by atoms with van der Waals surface area (Å²) in [5.74, 6) is 1.59. The number of nitrogens with one attached hydrogen (secondary N) is 1. The highest BCUT2D eigenvalue weighted by molar-refractivity contribution is 6.04. The molecule has 0 aliphatic heterocycles. The van der Waals surface area contributed by atoms with E-state index in [1.54, 1.807) is 12.1 Å². The number of carbonyl (C=O) groups excluding carboxylic acids is 1. The Labute approximate surface area is 194 Å². The second-order valence-electron chi connectivity index (χ2n) is 8.45. The minimum absolute atomic E-state index is 0.140. The molecule has 0 fully saturated rings. The summed E-state index contributed by atoms with van der Waals surface area (Å²) >= 11 is 0. The number of hydrogen-bond acceptors (Lipinski definition) is 4. The first-order valence-corrected chi connectivity index (χ1v) is 11.6. The van der Waals surface area contributed by atoms with Gasteiger partial charge in [-0.3, -0.25) is 4.79 Å². The molecule has 0 aliphatic carbocycles. The standard InChI is InChI=1S/C28H30N2O3/c1-5-18(3)21-12-15-26-25(17-21)30-28(33-26)22-8-7-9-23(16-22)29-27(31)20-10-13-24(14-11-20)32-19(4)6-2/h7-19H,5-6H2,1-4H3,(H,29,31)/t18-,19-/m1/s1. The van der Waals surface area contributed by atoms with Crippen LogP contribution in [0.5, 0.6) is 5.75 Å². The van der Waals surface area contributed by atoms with Crippen molar-refractivity contribution in [3.8, 4) is 17.2 Å². The van der Waals surface area contributed by atoms with Gasteiger partial charge < -0.3 is 14.5 Å². The number of oxazole rings is 1. The van der Waals surface area contributed by atoms with E-state index in [-0.39, 0.29) is 12.0 Å². The van der Waals surface area contributed by atoms with Gasteiger partial charge >= 0.3 is 0 Å². The number of rotatable bonds is 8. The Morgan fingerprint density at radius 1 is 1.00 bits per heavy atom. The maximum Gasteiger partial charge on any atom is 0.255 e. The van der Waals surface area contributed by atoms with Gasteiger partial charge in [-0.15, -0.1) is 0 Å². The predicted molar refractivity (Wildman–Crippen MR) is 133 cm³/mol. The van der Waals surface area contributed by atoms with Crippen LogP contribution in [0.15, 0.2) is 71.1 Å². The highest BCUT2D eigenvalue weighted by Crippen LogP contribution is 2.29. The highest BCUT2D eigenvalue weighted by Gasteiger charge is 2.13. The monoisotopic (exact) mass is 442 g/mol. The molecule has 1 amide bonds. The van der Waals surface area contributed by atoms with Gasteiger partial charge in [0.15, 0.2) is 5.58 Å². The zero-order valence-corrected chi connectivity index (χ0v) is 19.6. The normalized spacial score (nSPS) is 13.0. The molecule has 33 heavy (non-hydrogen) atoms. The summed E-state index contributed by atoms with van der Waals surface area (Å²) < 4.78 is 11.8. The number of benzene rings is 3. The maximum absolute atomic E-state index is 12.7. The van der Waals surface area contributed by atoms with Crippen LogP contribution in [0.1, 0.15) is 62.4 Å². The maximum atomic E-state index is 12.7. The molecule has 4 aromatic rings. The van der Waals surface area contributed by atoms with Gasteiger partial charge in [-0.1, -0.05) is 32.9 Å². The largest absolute Gasteiger partial charge is 0.491 e. The van der Waals surface area contributed by atoms with Gasteiger partial charge in [0.05, 0.1) is 6.10 Å². The average molecular weight is 443 g/mol. The SMILES string of the molecule is CC[C@@H](C)Oc1ccc(C(=O)Nc2cccc(-c3nc4cc([C@H](C)CC)ccc4o3)c2)cc1. The molecule has 3 aromatic carbocycles. The zero-order chi connectivity index (χ0) is 23.4. The average Bonchev–Trinajstić information content (AvgIpc) is 3.27. The van der Waals surface area contributed by atoms with Crippen LogP contribution in [-0.4, -0.2) is 17.0 Å². The molecule has 0 radical (unpaired) electrons. The van der Waals surface area contributed by atoms with Crippen molar-refractivity contribution in [2.45, 2.75) is 52.6 Å². The molecule has 4 rings (SSSR count). The number of anilines is 1. The van der Waals surface area contributed by atoms with Crippen molar-refractivity contribution in [3.63, 3.8) is 0 Å². The minimum atomic E-state index is -0.182. The van der Waals surface area contributed by atoms with Crippen LogP contribution in [0.3, 0.4) is 0 Å². The van der Waals surface area contributed by atoms with E-state index in [4.69, 9.17) is 9.15 Å². The van der Waals surface area contributed by atoms with Crippen molar-refractivity contribution in [3.05, 3.63) is 77.9 Å². The smallest absolute Gasteiger partial charge is 0.255 e. The molecule has 2 atom stereocenters. The predicted octanol–water partition coefficient (Wildman–Crippen LogP) is 7.44. The van der Waals surface area contributed by atoms with Gasteiger partial charge in [0.2, 0.25) is 5.89 Å². The summed E-state index contributed by atoms with van der Waals surface area (Å²) in [7, 11) is 0. The minimum Gasteiger partial charge on any atom is -0.491 e. The van der Waals surface area contributed by atoms with E-state index < -0.39 is 0 Å². The van der Waals surface area contributed by atoms with Crippen molar-refractivity contribution >= 4 is 22.7 Å². The Morgan fingerprint density at radius 3 is 2.52 bits per heavy atom. The molecule has 0 unspecified atom stereocenters. The quantitative estimate of drug-likeness (QED) is 0.308. The van der Waals surface area contributed by atoms with Crippen molar-refractivity contribution in [2.75, 3.05) is 5.32 Å². The Morgan fingerprint density at radius 2 is 1.79 bits per heavy atom. The van der Waals surface area contributed by atoms with Gasteiger partial charge in [0.1, 0.15) is 11.3 Å². The lowest BCUT2D eigenvalue weighted by Gasteiger charge is -2.12. The van der Waals surface area contributed by atoms with E-state index in [0.29, 0.717) is 23.1 Å². The third-order valence-electron chi connectivity index (χ3n) is 5.99. The van der Waals surface area contributed by atoms with Crippen molar-refractivity contribution in [2.24, 2.45) is 0 Å². The molecule has 1 aromatic heterocycles. The third kappa shape index (κ3) is 5.25. The van der Waals surface area contributed by atoms with Crippen LogP contribution in [0.25, 0.3) is 22.6 Å². The first kappa shape index (κ1) is 22.6. The van der Waals surface area contributed by atoms with E-state index in [1.807, 2.05) is 49.4 Å². The lowest BCUT2D eigenvalue weighted by molar-refractivity contribution is 0.102. The van der Waals surface area contributed by atoms with Gasteiger partial charge in [-0.05, 0) is 85.8 Å². The summed E-state index contributed by atoms with van der Waals surface area (Å²) in [6.45, 7) is 8.49. The molecular weight excluding hydrogens is 412 g/mol. The number of fused-ring (bicyclic) bond motifs is 1. The van der Waals surface area contributed by atoms with Gasteiger partial charge in [0, 0.05) is 16.8 Å². The van der Waals surface area contributed by atoms with Crippen molar-refractivity contribution in [1.29, 1.82) is 0 Å². The Bertz CT molecular complexity index is 1240. The Balaban J connectivity index is 1.50. The highest BCUT2D eigenvalue weighted by atomic mass is 16.5. The lowest BCUT2D eigenvalue weighted by atomic mass is 9.98. The number of nitrogens with zero attached hydrogens (tertiary/aromatic N) is 1. The summed E-state index contributed by atoms with van der Waals surface area (Å²) in [5, 5.41) is 2.96. The fourth-order valence-corrected chi connectivity index (χ4v) is 3.54. The Hall–Kier alpha value is -3.60. The first-order chi connectivity index (χ1) is 16.0. The summed E-state index contributed by atoms with van der Waals surface area (Å²) in [5.41, 5.74) is 4.91. The number of aromatic nitrogens is 1. The van der Waals surface area contributed by atoms with E-state index in [9.17, 15) is 4.79 Å². The number of ether oxygens (including phenoxy) is 1. The van der Waals surface area contributed by atoms with E-state index in [2.05, 4.69) is 43.2 Å². The molecular formula is C28H30N2O3. The molecule has 0 bridgehead atoms. The number of carbonyl (C=O) groups is 1. The zero-order valence-electron chi connectivity index (χ0n) is 19.6. The van der Waals surface area contributed by atoms with Crippen LogP contribution < -0.4 is 10.1 Å².